The van der Waals surface area contributed by atoms with Gasteiger partial charge in [-0.1, -0.05) is 29.8 Å². The Hall–Kier alpha value is -2.36. The predicted molar refractivity (Wildman–Crippen MR) is 108 cm³/mol. The third kappa shape index (κ3) is 3.59. The molecule has 1 aromatic carbocycles. The van der Waals surface area contributed by atoms with Crippen LogP contribution in [0.25, 0.3) is 0 Å². The van der Waals surface area contributed by atoms with E-state index >= 15 is 0 Å². The zero-order valence-corrected chi connectivity index (χ0v) is 15.8. The molecule has 4 nitrogen and oxygen atoms in total. The van der Waals surface area contributed by atoms with E-state index in [-0.39, 0.29) is 0 Å². The minimum Gasteiger partial charge on any atom is -0.370 e. The Balaban J connectivity index is 1.50. The number of nitrogens with zero attached hydrogens (tertiary/aromatic N) is 3. The molecule has 1 aliphatic heterocycles. The summed E-state index contributed by atoms with van der Waals surface area (Å²) in [6.45, 7) is 5.18. The van der Waals surface area contributed by atoms with Crippen LogP contribution in [0.5, 0.6) is 0 Å². The van der Waals surface area contributed by atoms with Gasteiger partial charge in [0.15, 0.2) is 0 Å². The van der Waals surface area contributed by atoms with Crippen molar-refractivity contribution in [3.8, 4) is 0 Å². The molecule has 26 heavy (non-hydrogen) atoms. The summed E-state index contributed by atoms with van der Waals surface area (Å²) in [7, 11) is 0. The molecule has 0 radical (unpaired) electrons. The third-order valence-corrected chi connectivity index (χ3v) is 5.42. The van der Waals surface area contributed by atoms with Gasteiger partial charge in [0.2, 0.25) is 0 Å². The molecule has 2 aromatic rings. The summed E-state index contributed by atoms with van der Waals surface area (Å²) in [5.74, 6) is 2.74. The lowest BCUT2D eigenvalue weighted by atomic mass is 9.97. The van der Waals surface area contributed by atoms with E-state index in [1.165, 1.54) is 36.9 Å². The number of para-hydroxylation sites is 1. The molecule has 0 spiro atoms. The number of hydrogen-bond acceptors (Lipinski definition) is 4. The lowest BCUT2D eigenvalue weighted by molar-refractivity contribution is 0.679. The van der Waals surface area contributed by atoms with Crippen LogP contribution in [0.4, 0.5) is 17.3 Å². The number of aryl methyl sites for hydroxylation is 1. The van der Waals surface area contributed by atoms with Crippen molar-refractivity contribution in [3.63, 3.8) is 0 Å². The Bertz CT molecular complexity index is 812. The molecular weight excluding hydrogens is 320 g/mol. The lowest BCUT2D eigenvalue weighted by Crippen LogP contribution is -2.25. The van der Waals surface area contributed by atoms with Gasteiger partial charge >= 0.3 is 0 Å². The second-order valence-electron chi connectivity index (χ2n) is 7.50. The van der Waals surface area contributed by atoms with E-state index in [1.54, 1.807) is 5.57 Å². The van der Waals surface area contributed by atoms with Crippen LogP contribution < -0.4 is 10.2 Å². The van der Waals surface area contributed by atoms with Crippen molar-refractivity contribution in [3.05, 3.63) is 53.4 Å². The molecule has 2 heterocycles. The van der Waals surface area contributed by atoms with Crippen molar-refractivity contribution in [2.75, 3.05) is 16.8 Å². The number of benzene rings is 1. The smallest absolute Gasteiger partial charge is 0.139 e. The zero-order chi connectivity index (χ0) is 17.9. The van der Waals surface area contributed by atoms with Crippen molar-refractivity contribution in [1.82, 2.24) is 9.97 Å². The Kier molecular flexibility index (Phi) is 4.91. The van der Waals surface area contributed by atoms with E-state index < -0.39 is 0 Å². The fourth-order valence-corrected chi connectivity index (χ4v) is 4.16. The lowest BCUT2D eigenvalue weighted by Gasteiger charge is -2.24. The van der Waals surface area contributed by atoms with Gasteiger partial charge < -0.3 is 10.2 Å². The average molecular weight is 348 g/mol. The van der Waals surface area contributed by atoms with E-state index in [0.29, 0.717) is 6.04 Å². The van der Waals surface area contributed by atoms with Gasteiger partial charge in [0.25, 0.3) is 0 Å². The van der Waals surface area contributed by atoms with Crippen LogP contribution in [0.15, 0.2) is 42.0 Å². The summed E-state index contributed by atoms with van der Waals surface area (Å²) >= 11 is 0. The van der Waals surface area contributed by atoms with Crippen LogP contribution >= 0.6 is 0 Å². The molecule has 4 heteroatoms. The van der Waals surface area contributed by atoms with Crippen LogP contribution in [0.2, 0.25) is 0 Å². The quantitative estimate of drug-likeness (QED) is 0.757. The summed E-state index contributed by atoms with van der Waals surface area (Å²) in [6.07, 6.45) is 9.80. The van der Waals surface area contributed by atoms with E-state index in [2.05, 4.69) is 58.5 Å². The standard InChI is InChI=1S/C22H28N4/c1-16-14-19-10-6-7-11-20(19)26(16)22-15-21(24-17(2)25-22)23-13-12-18-8-4-3-5-9-18/h6-8,10-11,15-16H,3-5,9,12-14H2,1-2H3,(H,23,24,25). The number of fused-ring (bicyclic) bond motifs is 1. The maximum atomic E-state index is 4.73. The highest BCUT2D eigenvalue weighted by atomic mass is 15.2. The summed E-state index contributed by atoms with van der Waals surface area (Å²) < 4.78 is 0. The molecule has 1 atom stereocenters. The van der Waals surface area contributed by atoms with E-state index in [1.807, 2.05) is 6.92 Å². The fourth-order valence-electron chi connectivity index (χ4n) is 4.16. The Morgan fingerprint density at radius 3 is 2.92 bits per heavy atom. The molecule has 0 fully saturated rings. The molecular formula is C22H28N4. The first-order valence-corrected chi connectivity index (χ1v) is 9.85. The summed E-state index contributed by atoms with van der Waals surface area (Å²) in [6, 6.07) is 11.2. The number of rotatable bonds is 5. The SMILES string of the molecule is Cc1nc(NCCC2=CCCCC2)cc(N2c3ccccc3CC2C)n1. The number of anilines is 3. The highest BCUT2D eigenvalue weighted by molar-refractivity contribution is 5.70. The molecule has 0 saturated carbocycles. The normalized spacial score (nSPS) is 19.2. The number of nitrogens with one attached hydrogen (secondary N) is 1. The minimum atomic E-state index is 0.418. The van der Waals surface area contributed by atoms with Crippen molar-refractivity contribution in [2.24, 2.45) is 0 Å². The van der Waals surface area contributed by atoms with Gasteiger partial charge in [-0.3, -0.25) is 0 Å². The Labute approximate surface area is 156 Å². The van der Waals surface area contributed by atoms with Crippen LogP contribution in [0, 0.1) is 6.92 Å². The first-order valence-electron chi connectivity index (χ1n) is 9.85. The Morgan fingerprint density at radius 2 is 2.08 bits per heavy atom. The van der Waals surface area contributed by atoms with Gasteiger partial charge in [-0.2, -0.15) is 0 Å². The highest BCUT2D eigenvalue weighted by Crippen LogP contribution is 2.37. The van der Waals surface area contributed by atoms with Crippen molar-refractivity contribution in [2.45, 2.75) is 58.4 Å². The Morgan fingerprint density at radius 1 is 1.19 bits per heavy atom. The van der Waals surface area contributed by atoms with Crippen molar-refractivity contribution < 1.29 is 0 Å². The maximum absolute atomic E-state index is 4.73. The van der Waals surface area contributed by atoms with E-state index in [0.717, 1.165) is 36.8 Å². The van der Waals surface area contributed by atoms with Gasteiger partial charge in [0.1, 0.15) is 17.5 Å². The number of hydrogen-bond donors (Lipinski definition) is 1. The zero-order valence-electron chi connectivity index (χ0n) is 15.8. The van der Waals surface area contributed by atoms with E-state index in [4.69, 9.17) is 4.98 Å². The number of aromatic nitrogens is 2. The molecule has 0 saturated heterocycles. The second-order valence-corrected chi connectivity index (χ2v) is 7.50. The highest BCUT2D eigenvalue weighted by Gasteiger charge is 2.28. The number of allylic oxidation sites excluding steroid dienone is 1. The molecule has 0 amide bonds. The maximum Gasteiger partial charge on any atom is 0.139 e. The molecule has 2 aliphatic rings. The molecule has 0 bridgehead atoms. The first-order chi connectivity index (χ1) is 12.7. The van der Waals surface area contributed by atoms with Gasteiger partial charge in [-0.05, 0) is 64.0 Å². The predicted octanol–water partition coefficient (Wildman–Crippen LogP) is 5.17. The third-order valence-electron chi connectivity index (χ3n) is 5.42. The monoisotopic (exact) mass is 348 g/mol. The second kappa shape index (κ2) is 7.48. The molecule has 1 aromatic heterocycles. The molecule has 136 valence electrons. The van der Waals surface area contributed by atoms with Crippen molar-refractivity contribution >= 4 is 17.3 Å². The van der Waals surface area contributed by atoms with E-state index in [9.17, 15) is 0 Å². The summed E-state index contributed by atoms with van der Waals surface area (Å²) in [5, 5.41) is 3.52. The molecule has 1 N–H and O–H groups in total. The summed E-state index contributed by atoms with van der Waals surface area (Å²) in [5.41, 5.74) is 4.27. The van der Waals surface area contributed by atoms with Crippen LogP contribution in [0.3, 0.4) is 0 Å². The molecule has 1 aliphatic carbocycles. The largest absolute Gasteiger partial charge is 0.370 e. The molecule has 1 unspecified atom stereocenters. The summed E-state index contributed by atoms with van der Waals surface area (Å²) in [4.78, 5) is 11.7. The van der Waals surface area contributed by atoms with Gasteiger partial charge in [-0.15, -0.1) is 0 Å². The van der Waals surface area contributed by atoms with Crippen molar-refractivity contribution in [1.29, 1.82) is 0 Å². The minimum absolute atomic E-state index is 0.418. The fraction of sp³-hybridized carbons (Fsp3) is 0.455. The molecule has 4 rings (SSSR count). The average Bonchev–Trinajstić information content (AvgIpc) is 2.98. The van der Waals surface area contributed by atoms with Crippen LogP contribution in [-0.2, 0) is 6.42 Å². The van der Waals surface area contributed by atoms with Crippen LogP contribution in [0.1, 0.15) is 50.4 Å². The van der Waals surface area contributed by atoms with Gasteiger partial charge in [0, 0.05) is 24.3 Å². The van der Waals surface area contributed by atoms with Crippen LogP contribution in [-0.4, -0.2) is 22.6 Å². The van der Waals surface area contributed by atoms with Gasteiger partial charge in [0.05, 0.1) is 0 Å². The topological polar surface area (TPSA) is 41.1 Å². The first kappa shape index (κ1) is 17.1. The van der Waals surface area contributed by atoms with Gasteiger partial charge in [-0.25, -0.2) is 9.97 Å².